The van der Waals surface area contributed by atoms with Gasteiger partial charge in [-0.25, -0.2) is 4.79 Å². The monoisotopic (exact) mass is 458 g/mol. The van der Waals surface area contributed by atoms with E-state index in [4.69, 9.17) is 4.74 Å². The van der Waals surface area contributed by atoms with E-state index in [1.165, 1.54) is 30.2 Å². The zero-order valence-corrected chi connectivity index (χ0v) is 19.5. The first-order valence-electron chi connectivity index (χ1n) is 9.54. The van der Waals surface area contributed by atoms with E-state index in [1.807, 2.05) is 51.1 Å². The summed E-state index contributed by atoms with van der Waals surface area (Å²) in [5.41, 5.74) is 3.57. The number of carbonyl (C=O) groups excluding carboxylic acids is 1. The number of carboxylic acid groups (broad SMARTS) is 1. The molecule has 2 aromatic rings. The van der Waals surface area contributed by atoms with E-state index in [0.717, 1.165) is 16.8 Å². The van der Waals surface area contributed by atoms with Gasteiger partial charge in [-0.2, -0.15) is 0 Å². The van der Waals surface area contributed by atoms with E-state index in [2.05, 4.69) is 10.0 Å². The largest absolute Gasteiger partial charge is 0.489 e. The maximum atomic E-state index is 11.3. The van der Waals surface area contributed by atoms with Gasteiger partial charge in [0.25, 0.3) is 0 Å². The first-order valence-corrected chi connectivity index (χ1v) is 11.2. The van der Waals surface area contributed by atoms with Crippen molar-refractivity contribution in [2.24, 2.45) is 0 Å². The first kappa shape index (κ1) is 24.3. The molecule has 1 aromatic heterocycles. The minimum Gasteiger partial charge on any atom is -0.489 e. The van der Waals surface area contributed by atoms with Gasteiger partial charge in [0.1, 0.15) is 17.2 Å². The molecule has 0 radical (unpaired) electrons. The molecule has 0 aliphatic heterocycles. The summed E-state index contributed by atoms with van der Waals surface area (Å²) in [5.74, 6) is -0.426. The number of allylic oxidation sites excluding steroid dienone is 3. The number of aromatic carboxylic acids is 1. The summed E-state index contributed by atoms with van der Waals surface area (Å²) in [4.78, 5) is 23.5. The molecule has 0 saturated carbocycles. The number of carbonyl (C=O) groups is 2. The average molecular weight is 459 g/mol. The molecule has 2 rings (SSSR count). The molecule has 1 heterocycles. The SMILES string of the molecule is C/C=C(\C=C(/C=C(C)C)COc1cccc(NC(C)=O)c1)NSc1ccsc1C(=O)O. The number of hydrogen-bond acceptors (Lipinski definition) is 6. The van der Waals surface area contributed by atoms with Crippen molar-refractivity contribution in [3.63, 3.8) is 0 Å². The zero-order valence-electron chi connectivity index (χ0n) is 17.9. The Morgan fingerprint density at radius 2 is 1.97 bits per heavy atom. The van der Waals surface area contributed by atoms with Crippen LogP contribution >= 0.6 is 23.3 Å². The van der Waals surface area contributed by atoms with Crippen LogP contribution in [0.4, 0.5) is 5.69 Å². The van der Waals surface area contributed by atoms with Crippen LogP contribution in [-0.4, -0.2) is 23.6 Å². The molecule has 1 aromatic carbocycles. The average Bonchev–Trinajstić information content (AvgIpc) is 3.17. The second-order valence-electron chi connectivity index (χ2n) is 6.81. The smallest absolute Gasteiger partial charge is 0.347 e. The van der Waals surface area contributed by atoms with Crippen LogP contribution in [0.25, 0.3) is 0 Å². The second-order valence-corrected chi connectivity index (χ2v) is 8.57. The number of amides is 1. The molecule has 0 bridgehead atoms. The number of hydrogen-bond donors (Lipinski definition) is 3. The first-order chi connectivity index (χ1) is 14.8. The second kappa shape index (κ2) is 12.0. The van der Waals surface area contributed by atoms with Crippen molar-refractivity contribution < 1.29 is 19.4 Å². The highest BCUT2D eigenvalue weighted by molar-refractivity contribution is 7.97. The number of carboxylic acids is 1. The van der Waals surface area contributed by atoms with Gasteiger partial charge in [0.05, 0.1) is 4.90 Å². The summed E-state index contributed by atoms with van der Waals surface area (Å²) >= 11 is 2.46. The lowest BCUT2D eigenvalue weighted by molar-refractivity contribution is -0.114. The summed E-state index contributed by atoms with van der Waals surface area (Å²) in [6.45, 7) is 7.71. The third-order valence-corrected chi connectivity index (χ3v) is 5.72. The number of anilines is 1. The molecule has 3 N–H and O–H groups in total. The van der Waals surface area contributed by atoms with Crippen LogP contribution in [0, 0.1) is 0 Å². The fraction of sp³-hybridized carbons (Fsp3) is 0.217. The third-order valence-electron chi connectivity index (χ3n) is 3.79. The molecule has 0 aliphatic rings. The quantitative estimate of drug-likeness (QED) is 0.305. The number of rotatable bonds is 10. The molecule has 0 aliphatic carbocycles. The molecular weight excluding hydrogens is 432 g/mol. The molecule has 0 atom stereocenters. The highest BCUT2D eigenvalue weighted by Gasteiger charge is 2.12. The predicted octanol–water partition coefficient (Wildman–Crippen LogP) is 5.88. The van der Waals surface area contributed by atoms with Crippen molar-refractivity contribution in [1.29, 1.82) is 0 Å². The fourth-order valence-corrected chi connectivity index (χ4v) is 4.25. The van der Waals surface area contributed by atoms with Crippen molar-refractivity contribution in [1.82, 2.24) is 4.72 Å². The highest BCUT2D eigenvalue weighted by atomic mass is 32.2. The van der Waals surface area contributed by atoms with Crippen LogP contribution in [0.15, 0.2) is 75.7 Å². The van der Waals surface area contributed by atoms with Crippen LogP contribution in [0.1, 0.15) is 37.4 Å². The molecule has 8 heteroatoms. The van der Waals surface area contributed by atoms with Crippen LogP contribution in [0.2, 0.25) is 0 Å². The van der Waals surface area contributed by atoms with Gasteiger partial charge >= 0.3 is 5.97 Å². The predicted molar refractivity (Wildman–Crippen MR) is 128 cm³/mol. The Morgan fingerprint density at radius 3 is 2.61 bits per heavy atom. The van der Waals surface area contributed by atoms with Gasteiger partial charge in [0.2, 0.25) is 5.91 Å². The summed E-state index contributed by atoms with van der Waals surface area (Å²) in [5, 5.41) is 13.8. The van der Waals surface area contributed by atoms with E-state index in [1.54, 1.807) is 23.6 Å². The third kappa shape index (κ3) is 8.35. The molecule has 0 spiro atoms. The van der Waals surface area contributed by atoms with Gasteiger partial charge in [-0.3, -0.25) is 4.79 Å². The van der Waals surface area contributed by atoms with E-state index >= 15 is 0 Å². The Balaban J connectivity index is 2.11. The van der Waals surface area contributed by atoms with Gasteiger partial charge in [-0.1, -0.05) is 23.8 Å². The van der Waals surface area contributed by atoms with Crippen LogP contribution < -0.4 is 14.8 Å². The van der Waals surface area contributed by atoms with Crippen molar-refractivity contribution >= 4 is 40.8 Å². The maximum Gasteiger partial charge on any atom is 0.347 e. The molecule has 6 nitrogen and oxygen atoms in total. The van der Waals surface area contributed by atoms with Crippen LogP contribution in [-0.2, 0) is 4.79 Å². The fourth-order valence-electron chi connectivity index (χ4n) is 2.55. The molecule has 1 amide bonds. The molecule has 0 saturated heterocycles. The van der Waals surface area contributed by atoms with Gasteiger partial charge < -0.3 is 19.9 Å². The maximum absolute atomic E-state index is 11.3. The van der Waals surface area contributed by atoms with Crippen molar-refractivity contribution in [3.8, 4) is 5.75 Å². The summed E-state index contributed by atoms with van der Waals surface area (Å²) in [7, 11) is 0. The minimum absolute atomic E-state index is 0.139. The van der Waals surface area contributed by atoms with Crippen molar-refractivity contribution in [2.45, 2.75) is 32.6 Å². The Hall–Kier alpha value is -2.97. The van der Waals surface area contributed by atoms with Crippen molar-refractivity contribution in [3.05, 3.63) is 75.7 Å². The molecule has 0 unspecified atom stereocenters. The zero-order chi connectivity index (χ0) is 22.8. The summed E-state index contributed by atoms with van der Waals surface area (Å²) in [6.07, 6.45) is 5.90. The summed E-state index contributed by atoms with van der Waals surface area (Å²) in [6, 6.07) is 9.01. The standard InChI is InChI=1S/C23H26N2O4S2/c1-5-18(25-31-21-9-10-30-22(21)23(27)28)12-17(11-15(2)3)14-29-20-8-6-7-19(13-20)24-16(4)26/h5-13,25H,14H2,1-4H3,(H,24,26)(H,27,28)/b17-12+,18-5+. The highest BCUT2D eigenvalue weighted by Crippen LogP contribution is 2.26. The number of nitrogens with one attached hydrogen (secondary N) is 2. The van der Waals surface area contributed by atoms with Gasteiger partial charge in [0.15, 0.2) is 0 Å². The van der Waals surface area contributed by atoms with E-state index in [-0.39, 0.29) is 5.91 Å². The number of ether oxygens (including phenoxy) is 1. The lowest BCUT2D eigenvalue weighted by Gasteiger charge is -2.11. The Labute approximate surface area is 190 Å². The molecular formula is C23H26N2O4S2. The minimum atomic E-state index is -0.933. The van der Waals surface area contributed by atoms with E-state index in [0.29, 0.717) is 27.8 Å². The lowest BCUT2D eigenvalue weighted by Crippen LogP contribution is -2.07. The Bertz CT molecular complexity index is 1020. The summed E-state index contributed by atoms with van der Waals surface area (Å²) < 4.78 is 9.15. The van der Waals surface area contributed by atoms with Crippen LogP contribution in [0.5, 0.6) is 5.75 Å². The Kier molecular flexibility index (Phi) is 9.42. The topological polar surface area (TPSA) is 87.7 Å². The Morgan fingerprint density at radius 1 is 1.19 bits per heavy atom. The number of benzene rings is 1. The van der Waals surface area contributed by atoms with Crippen LogP contribution in [0.3, 0.4) is 0 Å². The molecule has 164 valence electrons. The lowest BCUT2D eigenvalue weighted by atomic mass is 10.1. The van der Waals surface area contributed by atoms with E-state index in [9.17, 15) is 14.7 Å². The molecule has 31 heavy (non-hydrogen) atoms. The number of thiophene rings is 1. The van der Waals surface area contributed by atoms with Gasteiger partial charge in [0, 0.05) is 24.4 Å². The van der Waals surface area contributed by atoms with E-state index < -0.39 is 5.97 Å². The molecule has 0 fully saturated rings. The van der Waals surface area contributed by atoms with Gasteiger partial charge in [-0.05, 0) is 67.9 Å². The normalized spacial score (nSPS) is 11.6. The van der Waals surface area contributed by atoms with Crippen molar-refractivity contribution in [2.75, 3.05) is 11.9 Å². The van der Waals surface area contributed by atoms with Gasteiger partial charge in [-0.15, -0.1) is 11.3 Å².